The molecule has 8 heteroatoms. The van der Waals surface area contributed by atoms with E-state index in [0.29, 0.717) is 17.1 Å². The molecule has 1 aromatic carbocycles. The standard InChI is InChI=1S/C13H15N3O5/c14-4-9(17)11-5-16(13(19)21-11)7-1-2-10-8(3-7)15-12(18)6-20-10/h1-3,9,11,17H,4-6,14H2,(H,15,18)/t9?,11-/m0/s1. The number of anilines is 2. The smallest absolute Gasteiger partial charge is 0.414 e. The summed E-state index contributed by atoms with van der Waals surface area (Å²) in [6.45, 7) is 0.188. The van der Waals surface area contributed by atoms with Crippen LogP contribution in [0.5, 0.6) is 5.75 Å². The lowest BCUT2D eigenvalue weighted by molar-refractivity contribution is -0.118. The Morgan fingerprint density at radius 2 is 2.29 bits per heavy atom. The van der Waals surface area contributed by atoms with Crippen molar-refractivity contribution in [3.05, 3.63) is 18.2 Å². The average molecular weight is 293 g/mol. The molecule has 112 valence electrons. The summed E-state index contributed by atoms with van der Waals surface area (Å²) in [5.41, 5.74) is 6.42. The Morgan fingerprint density at radius 3 is 3.05 bits per heavy atom. The molecule has 2 amide bonds. The zero-order valence-electron chi connectivity index (χ0n) is 11.1. The molecule has 2 aliphatic heterocycles. The highest BCUT2D eigenvalue weighted by molar-refractivity contribution is 5.97. The van der Waals surface area contributed by atoms with Crippen LogP contribution in [0.15, 0.2) is 18.2 Å². The normalized spacial score (nSPS) is 22.2. The highest BCUT2D eigenvalue weighted by Gasteiger charge is 2.36. The number of fused-ring (bicyclic) bond motifs is 1. The van der Waals surface area contributed by atoms with Gasteiger partial charge in [0.2, 0.25) is 0 Å². The molecule has 1 aromatic rings. The minimum atomic E-state index is -0.903. The van der Waals surface area contributed by atoms with Gasteiger partial charge in [-0.2, -0.15) is 0 Å². The highest BCUT2D eigenvalue weighted by Crippen LogP contribution is 2.33. The first-order chi connectivity index (χ1) is 10.1. The Labute approximate surface area is 120 Å². The van der Waals surface area contributed by atoms with Crippen molar-refractivity contribution >= 4 is 23.4 Å². The molecule has 21 heavy (non-hydrogen) atoms. The zero-order valence-corrected chi connectivity index (χ0v) is 11.1. The van der Waals surface area contributed by atoms with E-state index in [2.05, 4.69) is 5.32 Å². The van der Waals surface area contributed by atoms with Gasteiger partial charge in [-0.1, -0.05) is 0 Å². The second kappa shape index (κ2) is 5.23. The number of ether oxygens (including phenoxy) is 2. The van der Waals surface area contributed by atoms with Gasteiger partial charge in [0.1, 0.15) is 18.0 Å². The van der Waals surface area contributed by atoms with Crippen LogP contribution in [0.25, 0.3) is 0 Å². The van der Waals surface area contributed by atoms with Crippen LogP contribution in [0, 0.1) is 0 Å². The number of carbonyl (C=O) groups is 2. The SMILES string of the molecule is NCC(O)[C@@H]1CN(c2ccc3c(c2)NC(=O)CO3)C(=O)O1. The minimum Gasteiger partial charge on any atom is -0.482 e. The van der Waals surface area contributed by atoms with Gasteiger partial charge < -0.3 is 25.6 Å². The van der Waals surface area contributed by atoms with Crippen LogP contribution >= 0.6 is 0 Å². The number of rotatable bonds is 3. The quantitative estimate of drug-likeness (QED) is 0.702. The van der Waals surface area contributed by atoms with Crippen molar-refractivity contribution in [1.82, 2.24) is 0 Å². The predicted molar refractivity (Wildman–Crippen MR) is 73.2 cm³/mol. The largest absolute Gasteiger partial charge is 0.482 e. The van der Waals surface area contributed by atoms with E-state index in [1.807, 2.05) is 0 Å². The van der Waals surface area contributed by atoms with Crippen molar-refractivity contribution in [2.45, 2.75) is 12.2 Å². The van der Waals surface area contributed by atoms with E-state index >= 15 is 0 Å². The first-order valence-corrected chi connectivity index (χ1v) is 6.51. The van der Waals surface area contributed by atoms with E-state index in [4.69, 9.17) is 15.2 Å². The molecule has 8 nitrogen and oxygen atoms in total. The zero-order chi connectivity index (χ0) is 15.0. The second-order valence-electron chi connectivity index (χ2n) is 4.85. The van der Waals surface area contributed by atoms with E-state index in [1.165, 1.54) is 4.90 Å². The molecule has 2 atom stereocenters. The van der Waals surface area contributed by atoms with Crippen molar-refractivity contribution in [3.8, 4) is 5.75 Å². The third-order valence-corrected chi connectivity index (χ3v) is 3.41. The fourth-order valence-electron chi connectivity index (χ4n) is 2.29. The molecule has 3 rings (SSSR count). The molecule has 2 aliphatic rings. The number of nitrogens with one attached hydrogen (secondary N) is 1. The van der Waals surface area contributed by atoms with Gasteiger partial charge in [0.05, 0.1) is 12.2 Å². The first-order valence-electron chi connectivity index (χ1n) is 6.51. The number of aliphatic hydroxyl groups is 1. The first kappa shape index (κ1) is 13.7. The van der Waals surface area contributed by atoms with Crippen molar-refractivity contribution in [2.24, 2.45) is 5.73 Å². The molecule has 4 N–H and O–H groups in total. The Kier molecular flexibility index (Phi) is 3.40. The maximum absolute atomic E-state index is 11.9. The van der Waals surface area contributed by atoms with E-state index in [9.17, 15) is 14.7 Å². The molecule has 0 bridgehead atoms. The maximum Gasteiger partial charge on any atom is 0.414 e. The van der Waals surface area contributed by atoms with Crippen molar-refractivity contribution in [1.29, 1.82) is 0 Å². The van der Waals surface area contributed by atoms with Crippen LogP contribution in [0.1, 0.15) is 0 Å². The summed E-state index contributed by atoms with van der Waals surface area (Å²) in [6.07, 6.45) is -2.13. The fourth-order valence-corrected chi connectivity index (χ4v) is 2.29. The summed E-state index contributed by atoms with van der Waals surface area (Å²) < 4.78 is 10.3. The maximum atomic E-state index is 11.9. The molecular formula is C13H15N3O5. The number of aliphatic hydroxyl groups excluding tert-OH is 1. The lowest BCUT2D eigenvalue weighted by Gasteiger charge is -2.21. The highest BCUT2D eigenvalue weighted by atomic mass is 16.6. The van der Waals surface area contributed by atoms with E-state index in [0.717, 1.165) is 0 Å². The van der Waals surface area contributed by atoms with Gasteiger partial charge in [-0.3, -0.25) is 9.69 Å². The van der Waals surface area contributed by atoms with Crippen LogP contribution in [0.4, 0.5) is 16.2 Å². The average Bonchev–Trinajstić information content (AvgIpc) is 2.87. The Bertz CT molecular complexity index is 591. The number of carbonyl (C=O) groups excluding carboxylic acids is 2. The van der Waals surface area contributed by atoms with Crippen molar-refractivity contribution in [2.75, 3.05) is 29.9 Å². The molecule has 2 heterocycles. The molecule has 0 spiro atoms. The molecule has 0 aliphatic carbocycles. The Hall–Kier alpha value is -2.32. The van der Waals surface area contributed by atoms with Crippen LogP contribution in [0.2, 0.25) is 0 Å². The van der Waals surface area contributed by atoms with Gasteiger partial charge in [-0.15, -0.1) is 0 Å². The third-order valence-electron chi connectivity index (χ3n) is 3.41. The van der Waals surface area contributed by atoms with E-state index < -0.39 is 18.3 Å². The molecule has 1 saturated heterocycles. The van der Waals surface area contributed by atoms with Crippen LogP contribution in [-0.2, 0) is 9.53 Å². The number of hydrogen-bond donors (Lipinski definition) is 3. The van der Waals surface area contributed by atoms with Gasteiger partial charge >= 0.3 is 6.09 Å². The van der Waals surface area contributed by atoms with Gasteiger partial charge in [0.15, 0.2) is 6.61 Å². The monoisotopic (exact) mass is 293 g/mol. The number of nitrogens with two attached hydrogens (primary N) is 1. The molecular weight excluding hydrogens is 278 g/mol. The summed E-state index contributed by atoms with van der Waals surface area (Å²) in [6, 6.07) is 4.99. The summed E-state index contributed by atoms with van der Waals surface area (Å²) in [5.74, 6) is 0.296. The molecule has 0 radical (unpaired) electrons. The van der Waals surface area contributed by atoms with Gasteiger partial charge in [0.25, 0.3) is 5.91 Å². The molecule has 1 unspecified atom stereocenters. The lowest BCUT2D eigenvalue weighted by atomic mass is 10.2. The summed E-state index contributed by atoms with van der Waals surface area (Å²) in [5, 5.41) is 12.3. The van der Waals surface area contributed by atoms with Crippen LogP contribution < -0.4 is 20.7 Å². The molecule has 0 aromatic heterocycles. The Morgan fingerprint density at radius 1 is 1.48 bits per heavy atom. The lowest BCUT2D eigenvalue weighted by Crippen LogP contribution is -2.36. The predicted octanol–water partition coefficient (Wildman–Crippen LogP) is -0.338. The van der Waals surface area contributed by atoms with E-state index in [1.54, 1.807) is 18.2 Å². The number of amides is 2. The van der Waals surface area contributed by atoms with Gasteiger partial charge in [0, 0.05) is 12.2 Å². The number of cyclic esters (lactones) is 1. The van der Waals surface area contributed by atoms with Crippen molar-refractivity contribution < 1.29 is 24.2 Å². The Balaban J connectivity index is 1.83. The summed E-state index contributed by atoms with van der Waals surface area (Å²) in [7, 11) is 0. The van der Waals surface area contributed by atoms with Crippen LogP contribution in [0.3, 0.4) is 0 Å². The summed E-state index contributed by atoms with van der Waals surface area (Å²) >= 11 is 0. The van der Waals surface area contributed by atoms with Gasteiger partial charge in [-0.25, -0.2) is 4.79 Å². The van der Waals surface area contributed by atoms with Gasteiger partial charge in [-0.05, 0) is 18.2 Å². The number of benzene rings is 1. The fraction of sp³-hybridized carbons (Fsp3) is 0.385. The minimum absolute atomic E-state index is 0.0138. The number of nitrogens with zero attached hydrogens (tertiary/aromatic N) is 1. The molecule has 0 saturated carbocycles. The topological polar surface area (TPSA) is 114 Å². The van der Waals surface area contributed by atoms with Crippen molar-refractivity contribution in [3.63, 3.8) is 0 Å². The molecule has 1 fully saturated rings. The van der Waals surface area contributed by atoms with Crippen LogP contribution in [-0.4, -0.2) is 49.0 Å². The third kappa shape index (κ3) is 2.50. The van der Waals surface area contributed by atoms with E-state index in [-0.39, 0.29) is 25.6 Å². The number of hydrogen-bond acceptors (Lipinski definition) is 6. The summed E-state index contributed by atoms with van der Waals surface area (Å²) in [4.78, 5) is 24.6. The second-order valence-corrected chi connectivity index (χ2v) is 4.85.